The van der Waals surface area contributed by atoms with Gasteiger partial charge < -0.3 is 10.0 Å². The molecule has 1 aliphatic heterocycles. The summed E-state index contributed by atoms with van der Waals surface area (Å²) in [6.45, 7) is 4.80. The Labute approximate surface area is 115 Å². The molecule has 1 saturated carbocycles. The van der Waals surface area contributed by atoms with Crippen LogP contribution < -0.4 is 0 Å². The van der Waals surface area contributed by atoms with Crippen molar-refractivity contribution in [2.45, 2.75) is 58.0 Å². The summed E-state index contributed by atoms with van der Waals surface area (Å²) in [5.41, 5.74) is -1.48. The van der Waals surface area contributed by atoms with Gasteiger partial charge in [-0.1, -0.05) is 19.8 Å². The highest BCUT2D eigenvalue weighted by Gasteiger charge is 2.46. The summed E-state index contributed by atoms with van der Waals surface area (Å²) >= 11 is 0. The molecule has 2 fully saturated rings. The SMILES string of the molecule is CCC(C)(C#N)C(=O)N1CCC2(O)CCCCC2C1. The molecule has 2 rings (SSSR count). The molecule has 1 saturated heterocycles. The standard InChI is InChI=1S/C15H24N2O2/c1-3-14(2,11-16)13(18)17-9-8-15(19)7-5-4-6-12(15)10-17/h12,19H,3-10H2,1-2H3. The van der Waals surface area contributed by atoms with E-state index in [9.17, 15) is 15.2 Å². The predicted octanol–water partition coefficient (Wildman–Crippen LogP) is 2.08. The van der Waals surface area contributed by atoms with Crippen molar-refractivity contribution in [2.24, 2.45) is 11.3 Å². The van der Waals surface area contributed by atoms with Crippen LogP contribution in [0.5, 0.6) is 0 Å². The predicted molar refractivity (Wildman–Crippen MR) is 72.1 cm³/mol. The number of fused-ring (bicyclic) bond motifs is 1. The molecule has 1 amide bonds. The Kier molecular flexibility index (Phi) is 3.87. The van der Waals surface area contributed by atoms with E-state index in [0.29, 0.717) is 25.9 Å². The topological polar surface area (TPSA) is 64.3 Å². The first-order valence-electron chi connectivity index (χ1n) is 7.38. The zero-order chi connectivity index (χ0) is 14.1. The largest absolute Gasteiger partial charge is 0.389 e. The van der Waals surface area contributed by atoms with Crippen LogP contribution in [-0.4, -0.2) is 34.6 Å². The van der Waals surface area contributed by atoms with E-state index < -0.39 is 11.0 Å². The van der Waals surface area contributed by atoms with E-state index in [2.05, 4.69) is 6.07 Å². The van der Waals surface area contributed by atoms with Crippen molar-refractivity contribution < 1.29 is 9.90 Å². The van der Waals surface area contributed by atoms with Crippen LogP contribution in [0.4, 0.5) is 0 Å². The van der Waals surface area contributed by atoms with Gasteiger partial charge in [-0.3, -0.25) is 4.79 Å². The number of hydrogen-bond acceptors (Lipinski definition) is 3. The summed E-state index contributed by atoms with van der Waals surface area (Å²) in [6, 6.07) is 2.15. The molecule has 0 aromatic rings. The van der Waals surface area contributed by atoms with E-state index in [4.69, 9.17) is 0 Å². The Bertz CT molecular complexity index is 403. The summed E-state index contributed by atoms with van der Waals surface area (Å²) in [4.78, 5) is 14.3. The molecule has 0 aromatic carbocycles. The van der Waals surface area contributed by atoms with Gasteiger partial charge in [0.15, 0.2) is 0 Å². The Balaban J connectivity index is 2.09. The number of rotatable bonds is 2. The molecular weight excluding hydrogens is 240 g/mol. The van der Waals surface area contributed by atoms with Crippen LogP contribution in [-0.2, 0) is 4.79 Å². The van der Waals surface area contributed by atoms with E-state index in [1.807, 2.05) is 6.92 Å². The Morgan fingerprint density at radius 2 is 2.26 bits per heavy atom. The molecule has 1 aliphatic carbocycles. The van der Waals surface area contributed by atoms with E-state index >= 15 is 0 Å². The molecule has 1 N–H and O–H groups in total. The Morgan fingerprint density at radius 1 is 1.53 bits per heavy atom. The maximum atomic E-state index is 12.5. The second-order valence-electron chi connectivity index (χ2n) is 6.34. The summed E-state index contributed by atoms with van der Waals surface area (Å²) in [5, 5.41) is 19.8. The molecule has 3 unspecified atom stereocenters. The summed E-state index contributed by atoms with van der Waals surface area (Å²) in [6.07, 6.45) is 5.28. The summed E-state index contributed by atoms with van der Waals surface area (Å²) in [7, 11) is 0. The van der Waals surface area contributed by atoms with Gasteiger partial charge in [0.1, 0.15) is 5.41 Å². The molecule has 19 heavy (non-hydrogen) atoms. The van der Waals surface area contributed by atoms with Crippen LogP contribution in [0.25, 0.3) is 0 Å². The van der Waals surface area contributed by atoms with Gasteiger partial charge in [-0.15, -0.1) is 0 Å². The average Bonchev–Trinajstić information content (AvgIpc) is 2.44. The van der Waals surface area contributed by atoms with Crippen LogP contribution in [0.2, 0.25) is 0 Å². The fourth-order valence-electron chi connectivity index (χ4n) is 3.38. The number of amides is 1. The molecule has 106 valence electrons. The number of likely N-dealkylation sites (tertiary alicyclic amines) is 1. The first-order valence-corrected chi connectivity index (χ1v) is 7.38. The number of hydrogen-bond donors (Lipinski definition) is 1. The number of carbonyl (C=O) groups is 1. The lowest BCUT2D eigenvalue weighted by Gasteiger charge is -2.48. The zero-order valence-electron chi connectivity index (χ0n) is 12.0. The normalized spacial score (nSPS) is 34.0. The highest BCUT2D eigenvalue weighted by Crippen LogP contribution is 2.40. The third-order valence-corrected chi connectivity index (χ3v) is 5.14. The number of piperidine rings is 1. The molecule has 0 radical (unpaired) electrons. The average molecular weight is 264 g/mol. The summed E-state index contributed by atoms with van der Waals surface area (Å²) < 4.78 is 0. The quantitative estimate of drug-likeness (QED) is 0.830. The fraction of sp³-hybridized carbons (Fsp3) is 0.867. The molecule has 3 atom stereocenters. The number of nitriles is 1. The second-order valence-corrected chi connectivity index (χ2v) is 6.34. The monoisotopic (exact) mass is 264 g/mol. The van der Waals surface area contributed by atoms with Crippen molar-refractivity contribution >= 4 is 5.91 Å². The summed E-state index contributed by atoms with van der Waals surface area (Å²) in [5.74, 6) is 0.129. The van der Waals surface area contributed by atoms with Crippen molar-refractivity contribution in [3.63, 3.8) is 0 Å². The number of carbonyl (C=O) groups excluding carboxylic acids is 1. The van der Waals surface area contributed by atoms with E-state index in [1.54, 1.807) is 11.8 Å². The molecule has 0 aromatic heterocycles. The Morgan fingerprint density at radius 3 is 2.89 bits per heavy atom. The van der Waals surface area contributed by atoms with E-state index in [1.165, 1.54) is 0 Å². The van der Waals surface area contributed by atoms with Gasteiger partial charge in [0, 0.05) is 19.0 Å². The lowest BCUT2D eigenvalue weighted by molar-refractivity contribution is -0.150. The van der Waals surface area contributed by atoms with E-state index in [-0.39, 0.29) is 11.8 Å². The van der Waals surface area contributed by atoms with Crippen LogP contribution in [0.15, 0.2) is 0 Å². The van der Waals surface area contributed by atoms with Crippen LogP contribution >= 0.6 is 0 Å². The van der Waals surface area contributed by atoms with Crippen LogP contribution in [0, 0.1) is 22.7 Å². The third-order valence-electron chi connectivity index (χ3n) is 5.14. The fourth-order valence-corrected chi connectivity index (χ4v) is 3.38. The minimum atomic E-state index is -0.913. The lowest BCUT2D eigenvalue weighted by atomic mass is 9.71. The van der Waals surface area contributed by atoms with Crippen LogP contribution in [0.1, 0.15) is 52.4 Å². The Hall–Kier alpha value is -1.08. The molecule has 4 heteroatoms. The van der Waals surface area contributed by atoms with Gasteiger partial charge in [-0.2, -0.15) is 5.26 Å². The van der Waals surface area contributed by atoms with E-state index in [0.717, 1.165) is 25.7 Å². The van der Waals surface area contributed by atoms with Crippen molar-refractivity contribution in [1.82, 2.24) is 4.90 Å². The van der Waals surface area contributed by atoms with Gasteiger partial charge in [0.05, 0.1) is 11.7 Å². The van der Waals surface area contributed by atoms with Crippen molar-refractivity contribution in [3.05, 3.63) is 0 Å². The van der Waals surface area contributed by atoms with Gasteiger partial charge in [-0.25, -0.2) is 0 Å². The minimum Gasteiger partial charge on any atom is -0.389 e. The molecule has 2 aliphatic rings. The second kappa shape index (κ2) is 5.13. The minimum absolute atomic E-state index is 0.0647. The van der Waals surface area contributed by atoms with Gasteiger partial charge in [0.25, 0.3) is 0 Å². The van der Waals surface area contributed by atoms with Gasteiger partial charge >= 0.3 is 0 Å². The first kappa shape index (κ1) is 14.3. The highest BCUT2D eigenvalue weighted by atomic mass is 16.3. The smallest absolute Gasteiger partial charge is 0.242 e. The molecular formula is C15H24N2O2. The molecule has 4 nitrogen and oxygen atoms in total. The maximum absolute atomic E-state index is 12.5. The third kappa shape index (κ3) is 2.49. The van der Waals surface area contributed by atoms with Crippen molar-refractivity contribution in [2.75, 3.05) is 13.1 Å². The lowest BCUT2D eigenvalue weighted by Crippen LogP contribution is -2.56. The molecule has 0 bridgehead atoms. The van der Waals surface area contributed by atoms with Crippen molar-refractivity contribution in [3.8, 4) is 6.07 Å². The van der Waals surface area contributed by atoms with Crippen LogP contribution in [0.3, 0.4) is 0 Å². The van der Waals surface area contributed by atoms with Crippen molar-refractivity contribution in [1.29, 1.82) is 5.26 Å². The maximum Gasteiger partial charge on any atom is 0.242 e. The van der Waals surface area contributed by atoms with Gasteiger partial charge in [0.2, 0.25) is 5.91 Å². The highest BCUT2D eigenvalue weighted by molar-refractivity contribution is 5.85. The van der Waals surface area contributed by atoms with Gasteiger partial charge in [-0.05, 0) is 32.6 Å². The molecule has 1 heterocycles. The zero-order valence-corrected chi connectivity index (χ0v) is 12.0. The molecule has 0 spiro atoms. The first-order chi connectivity index (χ1) is 8.95. The number of aliphatic hydroxyl groups is 1. The number of nitrogens with zero attached hydrogens (tertiary/aromatic N) is 2.